The molecule has 1 aliphatic heterocycles. The molecule has 1 aromatic carbocycles. The molecule has 1 aromatic rings. The third-order valence-electron chi connectivity index (χ3n) is 3.47. The Hall–Kier alpha value is -1.39. The van der Waals surface area contributed by atoms with Gasteiger partial charge in [0.05, 0.1) is 6.54 Å². The van der Waals surface area contributed by atoms with Crippen molar-refractivity contribution in [2.75, 3.05) is 32.0 Å². The van der Waals surface area contributed by atoms with E-state index in [-0.39, 0.29) is 5.91 Å². The number of nitrogens with zero attached hydrogens (tertiary/aromatic N) is 1. The molecule has 1 amide bonds. The summed E-state index contributed by atoms with van der Waals surface area (Å²) in [5, 5.41) is 6.22. The molecule has 1 aliphatic rings. The van der Waals surface area contributed by atoms with E-state index in [0.717, 1.165) is 30.8 Å². The number of carbonyl (C=O) groups excluding carboxylic acids is 1. The Morgan fingerprint density at radius 2 is 2.22 bits per heavy atom. The number of para-hydroxylation sites is 1. The number of hydrogen-bond acceptors (Lipinski definition) is 3. The van der Waals surface area contributed by atoms with Gasteiger partial charge in [-0.05, 0) is 32.0 Å². The smallest absolute Gasteiger partial charge is 0.238 e. The van der Waals surface area contributed by atoms with Crippen LogP contribution in [0.4, 0.5) is 5.69 Å². The molecule has 2 N–H and O–H groups in total. The summed E-state index contributed by atoms with van der Waals surface area (Å²) < 4.78 is 0. The van der Waals surface area contributed by atoms with Gasteiger partial charge in [-0.1, -0.05) is 18.2 Å². The molecule has 2 rings (SSSR count). The lowest BCUT2D eigenvalue weighted by molar-refractivity contribution is -0.117. The SMILES string of the molecule is CNC1CCN(CC(=O)Nc2ccccc2C)C1. The van der Waals surface area contributed by atoms with Crippen LogP contribution in [0.25, 0.3) is 0 Å². The van der Waals surface area contributed by atoms with E-state index >= 15 is 0 Å². The molecule has 98 valence electrons. The van der Waals surface area contributed by atoms with E-state index in [1.165, 1.54) is 0 Å². The van der Waals surface area contributed by atoms with Crippen LogP contribution >= 0.6 is 0 Å². The Labute approximate surface area is 108 Å². The summed E-state index contributed by atoms with van der Waals surface area (Å²) in [5.74, 6) is 0.0704. The number of amides is 1. The topological polar surface area (TPSA) is 44.4 Å². The molecule has 18 heavy (non-hydrogen) atoms. The maximum absolute atomic E-state index is 11.9. The van der Waals surface area contributed by atoms with Crippen LogP contribution in [0.2, 0.25) is 0 Å². The first-order valence-electron chi connectivity index (χ1n) is 6.44. The number of benzene rings is 1. The zero-order chi connectivity index (χ0) is 13.0. The lowest BCUT2D eigenvalue weighted by Crippen LogP contribution is -2.34. The van der Waals surface area contributed by atoms with Gasteiger partial charge in [0, 0.05) is 24.8 Å². The highest BCUT2D eigenvalue weighted by atomic mass is 16.2. The molecular formula is C14H21N3O. The summed E-state index contributed by atoms with van der Waals surface area (Å²) in [6.07, 6.45) is 1.12. The minimum atomic E-state index is 0.0704. The minimum absolute atomic E-state index is 0.0704. The molecule has 0 saturated carbocycles. The van der Waals surface area contributed by atoms with Crippen molar-refractivity contribution in [3.05, 3.63) is 29.8 Å². The van der Waals surface area contributed by atoms with Crippen LogP contribution in [-0.4, -0.2) is 43.5 Å². The maximum atomic E-state index is 11.9. The van der Waals surface area contributed by atoms with Gasteiger partial charge in [-0.25, -0.2) is 0 Å². The quantitative estimate of drug-likeness (QED) is 0.841. The summed E-state index contributed by atoms with van der Waals surface area (Å²) in [5.41, 5.74) is 2.01. The zero-order valence-corrected chi connectivity index (χ0v) is 11.1. The van der Waals surface area contributed by atoms with E-state index in [1.807, 2.05) is 38.2 Å². The van der Waals surface area contributed by atoms with Crippen LogP contribution in [0.3, 0.4) is 0 Å². The largest absolute Gasteiger partial charge is 0.325 e. The summed E-state index contributed by atoms with van der Waals surface area (Å²) in [4.78, 5) is 14.1. The molecule has 0 aromatic heterocycles. The van der Waals surface area contributed by atoms with Crippen molar-refractivity contribution >= 4 is 11.6 Å². The highest BCUT2D eigenvalue weighted by Crippen LogP contribution is 2.14. The number of rotatable bonds is 4. The second kappa shape index (κ2) is 5.98. The van der Waals surface area contributed by atoms with E-state index in [9.17, 15) is 4.79 Å². The minimum Gasteiger partial charge on any atom is -0.325 e. The fraction of sp³-hybridized carbons (Fsp3) is 0.500. The molecule has 0 aliphatic carbocycles. The Morgan fingerprint density at radius 3 is 2.89 bits per heavy atom. The Morgan fingerprint density at radius 1 is 1.44 bits per heavy atom. The molecule has 0 radical (unpaired) electrons. The van der Waals surface area contributed by atoms with Gasteiger partial charge in [0.2, 0.25) is 5.91 Å². The van der Waals surface area contributed by atoms with E-state index in [2.05, 4.69) is 15.5 Å². The summed E-state index contributed by atoms with van der Waals surface area (Å²) in [7, 11) is 1.97. The van der Waals surface area contributed by atoms with Crippen molar-refractivity contribution in [1.82, 2.24) is 10.2 Å². The summed E-state index contributed by atoms with van der Waals surface area (Å²) >= 11 is 0. The van der Waals surface area contributed by atoms with E-state index in [1.54, 1.807) is 0 Å². The number of likely N-dealkylation sites (tertiary alicyclic amines) is 1. The van der Waals surface area contributed by atoms with Gasteiger partial charge in [-0.2, -0.15) is 0 Å². The fourth-order valence-corrected chi connectivity index (χ4v) is 2.32. The van der Waals surface area contributed by atoms with Crippen molar-refractivity contribution in [2.45, 2.75) is 19.4 Å². The van der Waals surface area contributed by atoms with Gasteiger partial charge < -0.3 is 10.6 Å². The molecule has 0 spiro atoms. The van der Waals surface area contributed by atoms with E-state index in [0.29, 0.717) is 12.6 Å². The Kier molecular flexibility index (Phi) is 4.33. The molecule has 1 fully saturated rings. The molecule has 1 saturated heterocycles. The van der Waals surface area contributed by atoms with Crippen LogP contribution in [0.5, 0.6) is 0 Å². The lowest BCUT2D eigenvalue weighted by atomic mass is 10.2. The third-order valence-corrected chi connectivity index (χ3v) is 3.47. The molecule has 4 nitrogen and oxygen atoms in total. The number of nitrogens with one attached hydrogen (secondary N) is 2. The highest BCUT2D eigenvalue weighted by molar-refractivity contribution is 5.92. The number of likely N-dealkylation sites (N-methyl/N-ethyl adjacent to an activating group) is 1. The standard InChI is InChI=1S/C14H21N3O/c1-11-5-3-4-6-13(11)16-14(18)10-17-8-7-12(9-17)15-2/h3-6,12,15H,7-10H2,1-2H3,(H,16,18). The average Bonchev–Trinajstić information content (AvgIpc) is 2.80. The zero-order valence-electron chi connectivity index (χ0n) is 11.1. The fourth-order valence-electron chi connectivity index (χ4n) is 2.32. The number of hydrogen-bond donors (Lipinski definition) is 2. The first-order valence-corrected chi connectivity index (χ1v) is 6.44. The second-order valence-electron chi connectivity index (χ2n) is 4.87. The molecule has 1 heterocycles. The molecule has 1 atom stereocenters. The molecule has 0 bridgehead atoms. The van der Waals surface area contributed by atoms with Gasteiger partial charge in [-0.3, -0.25) is 9.69 Å². The number of carbonyl (C=O) groups is 1. The van der Waals surface area contributed by atoms with Crippen molar-refractivity contribution in [2.24, 2.45) is 0 Å². The van der Waals surface area contributed by atoms with Crippen molar-refractivity contribution < 1.29 is 4.79 Å². The summed E-state index contributed by atoms with van der Waals surface area (Å²) in [6, 6.07) is 8.38. The monoisotopic (exact) mass is 247 g/mol. The van der Waals surface area contributed by atoms with Crippen LogP contribution in [0, 0.1) is 6.92 Å². The van der Waals surface area contributed by atoms with Gasteiger partial charge in [0.15, 0.2) is 0 Å². The Bertz CT molecular complexity index is 419. The van der Waals surface area contributed by atoms with Gasteiger partial charge in [0.1, 0.15) is 0 Å². The average molecular weight is 247 g/mol. The maximum Gasteiger partial charge on any atom is 0.238 e. The first-order chi connectivity index (χ1) is 8.69. The van der Waals surface area contributed by atoms with Crippen molar-refractivity contribution in [3.63, 3.8) is 0 Å². The normalized spacial score (nSPS) is 20.0. The molecule has 4 heteroatoms. The molecule has 1 unspecified atom stereocenters. The van der Waals surface area contributed by atoms with Crippen LogP contribution in [0.15, 0.2) is 24.3 Å². The van der Waals surface area contributed by atoms with Crippen LogP contribution < -0.4 is 10.6 Å². The van der Waals surface area contributed by atoms with Crippen molar-refractivity contribution in [3.8, 4) is 0 Å². The lowest BCUT2D eigenvalue weighted by Gasteiger charge is -2.16. The summed E-state index contributed by atoms with van der Waals surface area (Å²) in [6.45, 7) is 4.43. The predicted octanol–water partition coefficient (Wildman–Crippen LogP) is 1.23. The van der Waals surface area contributed by atoms with Gasteiger partial charge in [0.25, 0.3) is 0 Å². The van der Waals surface area contributed by atoms with Gasteiger partial charge >= 0.3 is 0 Å². The highest BCUT2D eigenvalue weighted by Gasteiger charge is 2.22. The van der Waals surface area contributed by atoms with E-state index in [4.69, 9.17) is 0 Å². The number of aryl methyl sites for hydroxylation is 1. The predicted molar refractivity (Wildman–Crippen MR) is 73.7 cm³/mol. The van der Waals surface area contributed by atoms with Crippen LogP contribution in [-0.2, 0) is 4.79 Å². The van der Waals surface area contributed by atoms with Gasteiger partial charge in [-0.15, -0.1) is 0 Å². The van der Waals surface area contributed by atoms with E-state index < -0.39 is 0 Å². The van der Waals surface area contributed by atoms with Crippen LogP contribution in [0.1, 0.15) is 12.0 Å². The van der Waals surface area contributed by atoms with Crippen molar-refractivity contribution in [1.29, 1.82) is 0 Å². The Balaban J connectivity index is 1.84. The third kappa shape index (κ3) is 3.31. The second-order valence-corrected chi connectivity index (χ2v) is 4.87. The molecular weight excluding hydrogens is 226 g/mol. The first kappa shape index (κ1) is 13.1. The number of anilines is 1.